The van der Waals surface area contributed by atoms with Crippen LogP contribution in [0.15, 0.2) is 6.33 Å². The Labute approximate surface area is 125 Å². The summed E-state index contributed by atoms with van der Waals surface area (Å²) in [6, 6.07) is 0.469. The van der Waals surface area contributed by atoms with E-state index in [0.717, 1.165) is 23.7 Å². The van der Waals surface area contributed by atoms with Gasteiger partial charge in [-0.1, -0.05) is 26.2 Å². The van der Waals surface area contributed by atoms with Crippen LogP contribution in [0.5, 0.6) is 0 Å². The van der Waals surface area contributed by atoms with Crippen LogP contribution in [0.3, 0.4) is 0 Å². The summed E-state index contributed by atoms with van der Waals surface area (Å²) in [5, 5.41) is 6.64. The van der Waals surface area contributed by atoms with Gasteiger partial charge in [-0.3, -0.25) is 0 Å². The van der Waals surface area contributed by atoms with Crippen LogP contribution in [0, 0.1) is 5.92 Å². The maximum absolute atomic E-state index is 4.57. The van der Waals surface area contributed by atoms with Crippen molar-refractivity contribution in [3.63, 3.8) is 0 Å². The first kappa shape index (κ1) is 14.1. The van der Waals surface area contributed by atoms with Crippen LogP contribution in [0.2, 0.25) is 0 Å². The van der Waals surface area contributed by atoms with Crippen molar-refractivity contribution >= 4 is 22.9 Å². The third kappa shape index (κ3) is 2.94. The van der Waals surface area contributed by atoms with Crippen molar-refractivity contribution < 1.29 is 0 Å². The summed E-state index contributed by atoms with van der Waals surface area (Å²) in [5.74, 6) is 2.21. The van der Waals surface area contributed by atoms with Crippen molar-refractivity contribution in [2.45, 2.75) is 51.5 Å². The second-order valence-corrected chi connectivity index (χ2v) is 5.80. The number of fused-ring (bicyclic) bond motifs is 1. The first-order valence-corrected chi connectivity index (χ1v) is 7.97. The first-order valence-electron chi connectivity index (χ1n) is 7.97. The maximum atomic E-state index is 4.57. The molecule has 0 aliphatic heterocycles. The van der Waals surface area contributed by atoms with E-state index in [1.165, 1.54) is 32.1 Å². The minimum atomic E-state index is 0.469. The lowest BCUT2D eigenvalue weighted by molar-refractivity contribution is 0.312. The van der Waals surface area contributed by atoms with E-state index in [1.807, 2.05) is 7.05 Å². The largest absolute Gasteiger partial charge is 0.365 e. The molecule has 1 aliphatic rings. The number of hydrogen-bond acceptors (Lipinski definition) is 5. The van der Waals surface area contributed by atoms with Gasteiger partial charge in [0.2, 0.25) is 5.95 Å². The number of aromatic nitrogens is 4. The van der Waals surface area contributed by atoms with Crippen LogP contribution < -0.4 is 10.6 Å². The predicted octanol–water partition coefficient (Wildman–Crippen LogP) is 3.17. The van der Waals surface area contributed by atoms with Crippen molar-refractivity contribution in [2.24, 2.45) is 5.92 Å². The molecule has 2 aromatic heterocycles. The molecule has 0 aromatic carbocycles. The molecule has 1 unspecified atom stereocenters. The molecule has 0 spiro atoms. The van der Waals surface area contributed by atoms with Gasteiger partial charge in [-0.25, -0.2) is 4.98 Å². The Morgan fingerprint density at radius 2 is 2.10 bits per heavy atom. The molecule has 3 rings (SSSR count). The average Bonchev–Trinajstić information content (AvgIpc) is 3.01. The summed E-state index contributed by atoms with van der Waals surface area (Å²) in [4.78, 5) is 16.3. The van der Waals surface area contributed by atoms with E-state index in [2.05, 4.69) is 37.5 Å². The second-order valence-electron chi connectivity index (χ2n) is 5.80. The molecule has 2 heterocycles. The molecule has 6 nitrogen and oxygen atoms in total. The Balaban J connectivity index is 1.86. The van der Waals surface area contributed by atoms with Crippen LogP contribution >= 0.6 is 0 Å². The summed E-state index contributed by atoms with van der Waals surface area (Å²) >= 11 is 0. The van der Waals surface area contributed by atoms with Crippen molar-refractivity contribution in [1.29, 1.82) is 0 Å². The van der Waals surface area contributed by atoms with E-state index < -0.39 is 0 Å². The van der Waals surface area contributed by atoms with Gasteiger partial charge in [-0.2, -0.15) is 9.97 Å². The molecule has 6 heteroatoms. The van der Waals surface area contributed by atoms with Gasteiger partial charge in [-0.15, -0.1) is 0 Å². The Morgan fingerprint density at radius 1 is 1.29 bits per heavy atom. The first-order chi connectivity index (χ1) is 10.3. The molecule has 0 bridgehead atoms. The van der Waals surface area contributed by atoms with Gasteiger partial charge in [0, 0.05) is 13.1 Å². The molecule has 0 saturated heterocycles. The fraction of sp³-hybridized carbons (Fsp3) is 0.667. The molecule has 1 atom stereocenters. The van der Waals surface area contributed by atoms with Crippen LogP contribution in [0.25, 0.3) is 11.2 Å². The third-order valence-electron chi connectivity index (χ3n) is 4.49. The lowest BCUT2D eigenvalue weighted by Gasteiger charge is -2.30. The Morgan fingerprint density at radius 3 is 2.81 bits per heavy atom. The molecule has 114 valence electrons. The lowest BCUT2D eigenvalue weighted by atomic mass is 9.83. The zero-order chi connectivity index (χ0) is 14.7. The van der Waals surface area contributed by atoms with Crippen LogP contribution in [-0.2, 0) is 0 Å². The van der Waals surface area contributed by atoms with Crippen LogP contribution in [0.4, 0.5) is 11.8 Å². The molecule has 1 fully saturated rings. The maximum Gasteiger partial charge on any atom is 0.226 e. The quantitative estimate of drug-likeness (QED) is 0.787. The van der Waals surface area contributed by atoms with Crippen molar-refractivity contribution in [2.75, 3.05) is 17.7 Å². The number of nitrogens with zero attached hydrogens (tertiary/aromatic N) is 3. The van der Waals surface area contributed by atoms with Crippen molar-refractivity contribution in [3.8, 4) is 0 Å². The molecular weight excluding hydrogens is 264 g/mol. The topological polar surface area (TPSA) is 78.5 Å². The lowest BCUT2D eigenvalue weighted by Crippen LogP contribution is -2.30. The molecule has 0 amide bonds. The summed E-state index contributed by atoms with van der Waals surface area (Å²) < 4.78 is 0. The van der Waals surface area contributed by atoms with E-state index in [0.29, 0.717) is 17.6 Å². The smallest absolute Gasteiger partial charge is 0.226 e. The molecule has 21 heavy (non-hydrogen) atoms. The molecule has 3 N–H and O–H groups in total. The van der Waals surface area contributed by atoms with E-state index >= 15 is 0 Å². The highest BCUT2D eigenvalue weighted by molar-refractivity contribution is 5.83. The highest BCUT2D eigenvalue weighted by Gasteiger charge is 2.23. The standard InChI is InChI=1S/C15H24N6/c1-3-11(10-7-5-4-6-8-10)19-14-12-13(18-9-17-12)20-15(16-2)21-14/h9-11H,3-8H2,1-2H3,(H3,16,17,18,19,20,21). The van der Waals surface area contributed by atoms with Gasteiger partial charge in [0.15, 0.2) is 11.5 Å². The number of H-pyrrole nitrogens is 1. The van der Waals surface area contributed by atoms with Crippen LogP contribution in [-0.4, -0.2) is 33.0 Å². The van der Waals surface area contributed by atoms with Gasteiger partial charge in [0.1, 0.15) is 5.52 Å². The molecule has 1 aliphatic carbocycles. The van der Waals surface area contributed by atoms with Gasteiger partial charge in [0.25, 0.3) is 0 Å². The minimum Gasteiger partial charge on any atom is -0.365 e. The predicted molar refractivity (Wildman–Crippen MR) is 85.5 cm³/mol. The normalized spacial score (nSPS) is 17.8. The van der Waals surface area contributed by atoms with E-state index in [9.17, 15) is 0 Å². The molecule has 1 saturated carbocycles. The van der Waals surface area contributed by atoms with Crippen LogP contribution in [0.1, 0.15) is 45.4 Å². The fourth-order valence-electron chi connectivity index (χ4n) is 3.31. The highest BCUT2D eigenvalue weighted by Crippen LogP contribution is 2.30. The molecule has 2 aromatic rings. The number of rotatable bonds is 5. The van der Waals surface area contributed by atoms with E-state index in [4.69, 9.17) is 0 Å². The van der Waals surface area contributed by atoms with E-state index in [1.54, 1.807) is 6.33 Å². The molecule has 0 radical (unpaired) electrons. The highest BCUT2D eigenvalue weighted by atomic mass is 15.2. The number of imidazole rings is 1. The zero-order valence-corrected chi connectivity index (χ0v) is 12.8. The second kappa shape index (κ2) is 6.28. The van der Waals surface area contributed by atoms with Gasteiger partial charge >= 0.3 is 0 Å². The van der Waals surface area contributed by atoms with Gasteiger partial charge < -0.3 is 15.6 Å². The van der Waals surface area contributed by atoms with E-state index in [-0.39, 0.29) is 0 Å². The Bertz CT molecular complexity index is 587. The van der Waals surface area contributed by atoms with Gasteiger partial charge in [0.05, 0.1) is 6.33 Å². The summed E-state index contributed by atoms with van der Waals surface area (Å²) in [6.07, 6.45) is 9.52. The van der Waals surface area contributed by atoms with Gasteiger partial charge in [-0.05, 0) is 25.2 Å². The molecular formula is C15H24N6. The third-order valence-corrected chi connectivity index (χ3v) is 4.49. The zero-order valence-electron chi connectivity index (χ0n) is 12.8. The number of aromatic amines is 1. The van der Waals surface area contributed by atoms with Crippen molar-refractivity contribution in [1.82, 2.24) is 19.9 Å². The number of nitrogens with one attached hydrogen (secondary N) is 3. The fourth-order valence-corrected chi connectivity index (χ4v) is 3.31. The SMILES string of the molecule is CCC(Nc1nc(NC)nc2nc[nH]c12)C1CCCCC1. The number of hydrogen-bond donors (Lipinski definition) is 3. The Kier molecular flexibility index (Phi) is 4.22. The summed E-state index contributed by atoms with van der Waals surface area (Å²) in [5.41, 5.74) is 1.60. The monoisotopic (exact) mass is 288 g/mol. The average molecular weight is 288 g/mol. The summed E-state index contributed by atoms with van der Waals surface area (Å²) in [7, 11) is 1.83. The minimum absolute atomic E-state index is 0.469. The Hall–Kier alpha value is -1.85. The number of anilines is 2. The van der Waals surface area contributed by atoms with Crippen molar-refractivity contribution in [3.05, 3.63) is 6.33 Å². The summed E-state index contributed by atoms with van der Waals surface area (Å²) in [6.45, 7) is 2.25.